The van der Waals surface area contributed by atoms with Crippen molar-refractivity contribution >= 4 is 23.2 Å². The molecule has 2 heteroatoms. The number of thioether (sulfide) groups is 1. The first kappa shape index (κ1) is 15.9. The Balaban J connectivity index is 1.70. The van der Waals surface area contributed by atoms with Crippen LogP contribution < -0.4 is 0 Å². The summed E-state index contributed by atoms with van der Waals surface area (Å²) in [5, 5.41) is 0.409. The second kappa shape index (κ2) is 6.44. The highest BCUT2D eigenvalue weighted by Gasteiger charge is 2.35. The summed E-state index contributed by atoms with van der Waals surface area (Å²) in [4.78, 5) is 6.48. The van der Waals surface area contributed by atoms with Gasteiger partial charge >= 0.3 is 0 Å². The minimum Gasteiger partial charge on any atom is -0.251 e. The van der Waals surface area contributed by atoms with Crippen LogP contribution >= 0.6 is 11.8 Å². The molecule has 0 saturated heterocycles. The Kier molecular flexibility index (Phi) is 3.94. The zero-order valence-corrected chi connectivity index (χ0v) is 15.7. The van der Waals surface area contributed by atoms with Gasteiger partial charge in [-0.1, -0.05) is 66.2 Å². The van der Waals surface area contributed by atoms with Gasteiger partial charge in [0.05, 0.1) is 11.4 Å². The van der Waals surface area contributed by atoms with E-state index in [2.05, 4.69) is 79.7 Å². The number of aryl methyl sites for hydroxylation is 2. The number of benzene rings is 3. The second-order valence-corrected chi connectivity index (χ2v) is 8.40. The van der Waals surface area contributed by atoms with Gasteiger partial charge in [0.25, 0.3) is 0 Å². The van der Waals surface area contributed by atoms with Crippen molar-refractivity contribution in [2.75, 3.05) is 0 Å². The molecule has 0 fully saturated rings. The van der Waals surface area contributed by atoms with Crippen molar-refractivity contribution in [3.05, 3.63) is 95.1 Å². The van der Waals surface area contributed by atoms with Crippen LogP contribution in [0.1, 0.15) is 33.9 Å². The van der Waals surface area contributed by atoms with E-state index in [4.69, 9.17) is 4.99 Å². The number of rotatable bonds is 1. The Bertz CT molecular complexity index is 987. The van der Waals surface area contributed by atoms with Crippen LogP contribution in [0.3, 0.4) is 0 Å². The van der Waals surface area contributed by atoms with Crippen LogP contribution in [0.2, 0.25) is 0 Å². The van der Waals surface area contributed by atoms with Crippen LogP contribution in [0.25, 0.3) is 0 Å². The molecule has 3 aromatic rings. The lowest BCUT2D eigenvalue weighted by atomic mass is 9.78. The van der Waals surface area contributed by atoms with Crippen molar-refractivity contribution in [1.82, 2.24) is 0 Å². The average Bonchev–Trinajstić information content (AvgIpc) is 2.85. The zero-order chi connectivity index (χ0) is 17.5. The molecule has 1 nitrogen and oxygen atoms in total. The number of hydrogen-bond acceptors (Lipinski definition) is 2. The Labute approximate surface area is 159 Å². The van der Waals surface area contributed by atoms with Gasteiger partial charge in [-0.2, -0.15) is 0 Å². The standard InChI is InChI=1S/C24H21NS/c1-16-10-12-18(13-11-16)24-20-15-14-17-6-2-3-7-19(17)23(20)25-21-8-4-5-9-22(21)26-24/h2-13,20,24H,14-15H2,1H3/t20-,24+/m0/s1. The molecule has 0 N–H and O–H groups in total. The van der Waals surface area contributed by atoms with Crippen LogP contribution in [0.15, 0.2) is 82.7 Å². The summed E-state index contributed by atoms with van der Waals surface area (Å²) in [5.41, 5.74) is 7.90. The molecule has 0 bridgehead atoms. The summed E-state index contributed by atoms with van der Waals surface area (Å²) < 4.78 is 0. The summed E-state index contributed by atoms with van der Waals surface area (Å²) in [6.45, 7) is 2.16. The monoisotopic (exact) mass is 355 g/mol. The molecule has 0 unspecified atom stereocenters. The maximum Gasteiger partial charge on any atom is 0.0769 e. The number of aliphatic imine (C=N–C) groups is 1. The maximum atomic E-state index is 5.19. The lowest BCUT2D eigenvalue weighted by molar-refractivity contribution is 0.597. The highest BCUT2D eigenvalue weighted by atomic mass is 32.2. The van der Waals surface area contributed by atoms with E-state index < -0.39 is 0 Å². The third-order valence-corrected chi connectivity index (χ3v) is 6.95. The zero-order valence-electron chi connectivity index (χ0n) is 14.9. The Hall–Kier alpha value is -2.32. The number of nitrogens with zero attached hydrogens (tertiary/aromatic N) is 1. The highest BCUT2D eigenvalue weighted by molar-refractivity contribution is 7.99. The maximum absolute atomic E-state index is 5.19. The normalized spacial score (nSPS) is 21.0. The summed E-state index contributed by atoms with van der Waals surface area (Å²) >= 11 is 1.98. The molecule has 1 aliphatic heterocycles. The molecule has 0 aromatic heterocycles. The van der Waals surface area contributed by atoms with Crippen molar-refractivity contribution in [1.29, 1.82) is 0 Å². The van der Waals surface area contributed by atoms with Crippen LogP contribution in [0.5, 0.6) is 0 Å². The molecule has 0 amide bonds. The van der Waals surface area contributed by atoms with Crippen molar-refractivity contribution in [2.45, 2.75) is 29.9 Å². The lowest BCUT2D eigenvalue weighted by Gasteiger charge is -2.31. The van der Waals surface area contributed by atoms with Gasteiger partial charge < -0.3 is 0 Å². The van der Waals surface area contributed by atoms with E-state index in [0.717, 1.165) is 18.5 Å². The van der Waals surface area contributed by atoms with Crippen molar-refractivity contribution < 1.29 is 0 Å². The largest absolute Gasteiger partial charge is 0.251 e. The summed E-state index contributed by atoms with van der Waals surface area (Å²) in [6, 6.07) is 26.5. The topological polar surface area (TPSA) is 12.4 Å². The lowest BCUT2D eigenvalue weighted by Crippen LogP contribution is -2.27. The number of para-hydroxylation sites is 1. The Morgan fingerprint density at radius 3 is 2.54 bits per heavy atom. The first-order valence-electron chi connectivity index (χ1n) is 9.29. The quantitative estimate of drug-likeness (QED) is 0.484. The van der Waals surface area contributed by atoms with Crippen molar-refractivity contribution in [3.63, 3.8) is 0 Å². The fraction of sp³-hybridized carbons (Fsp3) is 0.208. The molecule has 1 heterocycles. The van der Waals surface area contributed by atoms with E-state index in [1.165, 1.54) is 32.9 Å². The van der Waals surface area contributed by atoms with E-state index in [1.54, 1.807) is 0 Å². The van der Waals surface area contributed by atoms with E-state index in [1.807, 2.05) is 11.8 Å². The Morgan fingerprint density at radius 1 is 0.885 bits per heavy atom. The summed E-state index contributed by atoms with van der Waals surface area (Å²) in [7, 11) is 0. The van der Waals surface area contributed by atoms with Gasteiger partial charge in [0.1, 0.15) is 0 Å². The molecule has 2 aliphatic rings. The van der Waals surface area contributed by atoms with Gasteiger partial charge in [0.2, 0.25) is 0 Å². The minimum atomic E-state index is 0.409. The smallest absolute Gasteiger partial charge is 0.0769 e. The summed E-state index contributed by atoms with van der Waals surface area (Å²) in [5.74, 6) is 0.449. The average molecular weight is 356 g/mol. The first-order chi connectivity index (χ1) is 12.8. The van der Waals surface area contributed by atoms with Crippen LogP contribution in [0.4, 0.5) is 5.69 Å². The molecular weight excluding hydrogens is 334 g/mol. The fourth-order valence-corrected chi connectivity index (χ4v) is 5.52. The molecule has 0 spiro atoms. The van der Waals surface area contributed by atoms with Crippen molar-refractivity contribution in [3.8, 4) is 0 Å². The van der Waals surface area contributed by atoms with Gasteiger partial charge in [-0.25, -0.2) is 0 Å². The molecular formula is C24H21NS. The van der Waals surface area contributed by atoms with Crippen LogP contribution in [0, 0.1) is 12.8 Å². The van der Waals surface area contributed by atoms with E-state index in [-0.39, 0.29) is 0 Å². The molecule has 5 rings (SSSR count). The third kappa shape index (κ3) is 2.69. The molecule has 0 saturated carbocycles. The highest BCUT2D eigenvalue weighted by Crippen LogP contribution is 2.50. The fourth-order valence-electron chi connectivity index (χ4n) is 4.13. The van der Waals surface area contributed by atoms with Gasteiger partial charge in [-0.3, -0.25) is 4.99 Å². The molecule has 128 valence electrons. The molecule has 0 radical (unpaired) electrons. The van der Waals surface area contributed by atoms with Crippen LogP contribution in [-0.2, 0) is 6.42 Å². The molecule has 2 atom stereocenters. The van der Waals surface area contributed by atoms with E-state index in [9.17, 15) is 0 Å². The van der Waals surface area contributed by atoms with Crippen molar-refractivity contribution in [2.24, 2.45) is 10.9 Å². The summed E-state index contributed by atoms with van der Waals surface area (Å²) in [6.07, 6.45) is 2.30. The van der Waals surface area contributed by atoms with Gasteiger partial charge in [-0.05, 0) is 48.6 Å². The number of hydrogen-bond donors (Lipinski definition) is 0. The molecule has 26 heavy (non-hydrogen) atoms. The van der Waals surface area contributed by atoms with Gasteiger partial charge in [0.15, 0.2) is 0 Å². The first-order valence-corrected chi connectivity index (χ1v) is 10.2. The number of fused-ring (bicyclic) bond motifs is 4. The minimum absolute atomic E-state index is 0.409. The predicted molar refractivity (Wildman–Crippen MR) is 111 cm³/mol. The second-order valence-electron chi connectivity index (χ2n) is 7.22. The van der Waals surface area contributed by atoms with E-state index in [0.29, 0.717) is 11.2 Å². The molecule has 3 aromatic carbocycles. The van der Waals surface area contributed by atoms with Gasteiger partial charge in [-0.15, -0.1) is 11.8 Å². The van der Waals surface area contributed by atoms with Crippen LogP contribution in [-0.4, -0.2) is 5.71 Å². The third-order valence-electron chi connectivity index (χ3n) is 5.50. The Morgan fingerprint density at radius 2 is 1.65 bits per heavy atom. The predicted octanol–water partition coefficient (Wildman–Crippen LogP) is 6.53. The molecule has 1 aliphatic carbocycles. The SMILES string of the molecule is Cc1ccc([C@H]2Sc3ccccc3N=C3c4ccccc4CC[C@@H]32)cc1. The van der Waals surface area contributed by atoms with E-state index >= 15 is 0 Å². The van der Waals surface area contributed by atoms with Gasteiger partial charge in [0, 0.05) is 16.1 Å².